The first-order chi connectivity index (χ1) is 6.81. The number of imidazole rings is 1. The Hall–Kier alpha value is -1.27. The Labute approximate surface area is 85.5 Å². The van der Waals surface area contributed by atoms with Crippen molar-refractivity contribution in [2.45, 2.75) is 39.4 Å². The lowest BCUT2D eigenvalue weighted by Crippen LogP contribution is -2.27. The van der Waals surface area contributed by atoms with Crippen LogP contribution in [0.25, 0.3) is 0 Å². The van der Waals surface area contributed by atoms with E-state index in [1.807, 2.05) is 12.5 Å². The van der Waals surface area contributed by atoms with E-state index in [1.165, 1.54) is 5.69 Å². The minimum absolute atomic E-state index is 0.162. The monoisotopic (exact) mass is 191 g/mol. The Morgan fingerprint density at radius 3 is 3.00 bits per heavy atom. The maximum absolute atomic E-state index is 5.36. The summed E-state index contributed by atoms with van der Waals surface area (Å²) in [5.41, 5.74) is 1.18. The summed E-state index contributed by atoms with van der Waals surface area (Å²) in [6.45, 7) is 5.92. The van der Waals surface area contributed by atoms with E-state index in [0.29, 0.717) is 0 Å². The van der Waals surface area contributed by atoms with Gasteiger partial charge in [-0.2, -0.15) is 0 Å². The zero-order valence-electron chi connectivity index (χ0n) is 8.83. The maximum atomic E-state index is 5.36. The van der Waals surface area contributed by atoms with E-state index < -0.39 is 0 Å². The molecule has 76 valence electrons. The molecule has 0 bridgehead atoms. The summed E-state index contributed by atoms with van der Waals surface area (Å²) in [5, 5.41) is 3.30. The van der Waals surface area contributed by atoms with Crippen LogP contribution >= 0.6 is 0 Å². The summed E-state index contributed by atoms with van der Waals surface area (Å²) in [6.07, 6.45) is 10.0. The van der Waals surface area contributed by atoms with Crippen molar-refractivity contribution in [1.29, 1.82) is 0 Å². The fraction of sp³-hybridized carbons (Fsp3) is 0.545. The van der Waals surface area contributed by atoms with E-state index in [0.717, 1.165) is 19.5 Å². The van der Waals surface area contributed by atoms with Gasteiger partial charge in [0.1, 0.15) is 0 Å². The van der Waals surface area contributed by atoms with Crippen molar-refractivity contribution < 1.29 is 0 Å². The van der Waals surface area contributed by atoms with E-state index in [4.69, 9.17) is 6.42 Å². The maximum Gasteiger partial charge on any atom is 0.0948 e. The molecule has 0 aliphatic heterocycles. The van der Waals surface area contributed by atoms with Crippen LogP contribution in [0.4, 0.5) is 0 Å². The lowest BCUT2D eigenvalue weighted by Gasteiger charge is -2.11. The topological polar surface area (TPSA) is 29.9 Å². The number of aryl methyl sites for hydroxylation is 1. The molecule has 1 heterocycles. The Balaban J connectivity index is 2.49. The van der Waals surface area contributed by atoms with Gasteiger partial charge in [-0.25, -0.2) is 4.98 Å². The lowest BCUT2D eigenvalue weighted by molar-refractivity contribution is 0.565. The van der Waals surface area contributed by atoms with Crippen LogP contribution in [0.1, 0.15) is 26.0 Å². The summed E-state index contributed by atoms with van der Waals surface area (Å²) in [4.78, 5) is 4.09. The molecule has 3 nitrogen and oxygen atoms in total. The molecule has 0 saturated carbocycles. The van der Waals surface area contributed by atoms with Crippen LogP contribution < -0.4 is 5.32 Å². The normalized spacial score (nSPS) is 12.4. The van der Waals surface area contributed by atoms with Crippen LogP contribution in [0.2, 0.25) is 0 Å². The predicted octanol–water partition coefficient (Wildman–Crippen LogP) is 1.40. The molecule has 3 heteroatoms. The predicted molar refractivity (Wildman–Crippen MR) is 57.7 cm³/mol. The molecule has 1 rings (SSSR count). The first-order valence-electron chi connectivity index (χ1n) is 5.00. The average molecular weight is 191 g/mol. The fourth-order valence-corrected chi connectivity index (χ4v) is 1.33. The SMILES string of the molecule is C#CC(CC)NCc1cncn1CC. The Kier molecular flexibility index (Phi) is 4.21. The molecule has 0 saturated heterocycles. The summed E-state index contributed by atoms with van der Waals surface area (Å²) in [7, 11) is 0. The number of hydrogen-bond donors (Lipinski definition) is 1. The van der Waals surface area contributed by atoms with Gasteiger partial charge >= 0.3 is 0 Å². The highest BCUT2D eigenvalue weighted by Crippen LogP contribution is 1.99. The molecule has 0 spiro atoms. The summed E-state index contributed by atoms with van der Waals surface area (Å²) >= 11 is 0. The van der Waals surface area contributed by atoms with Gasteiger partial charge in [-0.15, -0.1) is 6.42 Å². The lowest BCUT2D eigenvalue weighted by atomic mass is 10.2. The van der Waals surface area contributed by atoms with Gasteiger partial charge in [-0.3, -0.25) is 5.32 Å². The third-order valence-corrected chi connectivity index (χ3v) is 2.28. The second-order valence-corrected chi connectivity index (χ2v) is 3.18. The molecule has 0 aliphatic carbocycles. The summed E-state index contributed by atoms with van der Waals surface area (Å²) < 4.78 is 2.11. The molecular weight excluding hydrogens is 174 g/mol. The molecule has 0 aliphatic rings. The number of nitrogens with zero attached hydrogens (tertiary/aromatic N) is 2. The average Bonchev–Trinajstić information content (AvgIpc) is 2.67. The summed E-state index contributed by atoms with van der Waals surface area (Å²) in [5.74, 6) is 2.71. The number of nitrogens with one attached hydrogen (secondary N) is 1. The molecule has 1 N–H and O–H groups in total. The minimum atomic E-state index is 0.162. The van der Waals surface area contributed by atoms with E-state index >= 15 is 0 Å². The number of aromatic nitrogens is 2. The van der Waals surface area contributed by atoms with Gasteiger partial charge in [0.15, 0.2) is 0 Å². The molecule has 0 radical (unpaired) electrons. The van der Waals surface area contributed by atoms with Crippen LogP contribution in [0.5, 0.6) is 0 Å². The smallest absolute Gasteiger partial charge is 0.0948 e. The van der Waals surface area contributed by atoms with Gasteiger partial charge < -0.3 is 4.57 Å². The largest absolute Gasteiger partial charge is 0.334 e. The number of hydrogen-bond acceptors (Lipinski definition) is 2. The molecule has 1 aromatic heterocycles. The van der Waals surface area contributed by atoms with Crippen LogP contribution in [0.15, 0.2) is 12.5 Å². The standard InChI is InChI=1S/C11H17N3/c1-4-10(5-2)13-8-11-7-12-9-14(11)6-3/h1,7,9-10,13H,5-6,8H2,2-3H3. The zero-order chi connectivity index (χ0) is 10.4. The van der Waals surface area contributed by atoms with E-state index in [1.54, 1.807) is 0 Å². The fourth-order valence-electron chi connectivity index (χ4n) is 1.33. The molecule has 1 unspecified atom stereocenters. The van der Waals surface area contributed by atoms with Gasteiger partial charge in [0.2, 0.25) is 0 Å². The molecule has 0 fully saturated rings. The van der Waals surface area contributed by atoms with Crippen molar-refractivity contribution in [1.82, 2.24) is 14.9 Å². The van der Waals surface area contributed by atoms with Gasteiger partial charge in [-0.1, -0.05) is 12.8 Å². The molecule has 0 amide bonds. The molecular formula is C11H17N3. The van der Waals surface area contributed by atoms with E-state index in [2.05, 4.69) is 34.6 Å². The molecule has 1 aromatic rings. The van der Waals surface area contributed by atoms with E-state index in [9.17, 15) is 0 Å². The van der Waals surface area contributed by atoms with Gasteiger partial charge in [0, 0.05) is 19.3 Å². The van der Waals surface area contributed by atoms with Gasteiger partial charge in [-0.05, 0) is 13.3 Å². The second kappa shape index (κ2) is 5.46. The Morgan fingerprint density at radius 2 is 2.43 bits per heavy atom. The Bertz CT molecular complexity index is 309. The summed E-state index contributed by atoms with van der Waals surface area (Å²) in [6, 6.07) is 0.162. The van der Waals surface area contributed by atoms with Gasteiger partial charge in [0.25, 0.3) is 0 Å². The molecule has 14 heavy (non-hydrogen) atoms. The highest BCUT2D eigenvalue weighted by Gasteiger charge is 2.03. The quantitative estimate of drug-likeness (QED) is 0.713. The first-order valence-corrected chi connectivity index (χ1v) is 5.00. The highest BCUT2D eigenvalue weighted by atomic mass is 15.1. The first kappa shape index (κ1) is 10.8. The van der Waals surface area contributed by atoms with Crippen molar-refractivity contribution in [2.24, 2.45) is 0 Å². The van der Waals surface area contributed by atoms with Crippen molar-refractivity contribution in [2.75, 3.05) is 0 Å². The minimum Gasteiger partial charge on any atom is -0.334 e. The highest BCUT2D eigenvalue weighted by molar-refractivity contribution is 5.02. The van der Waals surface area contributed by atoms with Crippen molar-refractivity contribution in [3.05, 3.63) is 18.2 Å². The van der Waals surface area contributed by atoms with Crippen molar-refractivity contribution in [3.63, 3.8) is 0 Å². The molecule has 1 atom stereocenters. The van der Waals surface area contributed by atoms with Crippen molar-refractivity contribution >= 4 is 0 Å². The van der Waals surface area contributed by atoms with Gasteiger partial charge in [0.05, 0.1) is 18.1 Å². The third kappa shape index (κ3) is 2.61. The second-order valence-electron chi connectivity index (χ2n) is 3.18. The van der Waals surface area contributed by atoms with E-state index in [-0.39, 0.29) is 6.04 Å². The Morgan fingerprint density at radius 1 is 1.64 bits per heavy atom. The van der Waals surface area contributed by atoms with Crippen LogP contribution in [-0.2, 0) is 13.1 Å². The third-order valence-electron chi connectivity index (χ3n) is 2.28. The molecule has 0 aromatic carbocycles. The van der Waals surface area contributed by atoms with Crippen LogP contribution in [-0.4, -0.2) is 15.6 Å². The zero-order valence-corrected chi connectivity index (χ0v) is 8.83. The van der Waals surface area contributed by atoms with Crippen LogP contribution in [0.3, 0.4) is 0 Å². The van der Waals surface area contributed by atoms with Crippen molar-refractivity contribution in [3.8, 4) is 12.3 Å². The van der Waals surface area contributed by atoms with Crippen LogP contribution in [0, 0.1) is 12.3 Å². The number of terminal acetylenes is 1. The number of rotatable bonds is 5.